The topological polar surface area (TPSA) is 35.5 Å². The van der Waals surface area contributed by atoms with Crippen molar-refractivity contribution in [3.05, 3.63) is 23.8 Å². The molecule has 1 aromatic rings. The predicted octanol–water partition coefficient (Wildman–Crippen LogP) is 3.86. The van der Waals surface area contributed by atoms with Gasteiger partial charge in [-0.1, -0.05) is 38.2 Å². The number of hydrogen-bond acceptors (Lipinski definition) is 3. The maximum Gasteiger partial charge on any atom is 0.171 e. The summed E-state index contributed by atoms with van der Waals surface area (Å²) in [6, 6.07) is 5.48. The van der Waals surface area contributed by atoms with E-state index in [0.29, 0.717) is 29.4 Å². The number of Topliss-reactive ketones (excluding diaryl/α,β-unsaturated/α-hetero) is 1. The molecule has 1 aliphatic rings. The highest BCUT2D eigenvalue weighted by atomic mass is 16.5. The monoisotopic (exact) mass is 262 g/mol. The molecule has 3 nitrogen and oxygen atoms in total. The van der Waals surface area contributed by atoms with E-state index in [-0.39, 0.29) is 5.78 Å². The van der Waals surface area contributed by atoms with Crippen molar-refractivity contribution < 1.29 is 14.3 Å². The molecule has 1 fully saturated rings. The van der Waals surface area contributed by atoms with Crippen molar-refractivity contribution in [3.63, 3.8) is 0 Å². The minimum Gasteiger partial charge on any atom is -0.493 e. The van der Waals surface area contributed by atoms with Crippen LogP contribution in [0.15, 0.2) is 18.2 Å². The summed E-state index contributed by atoms with van der Waals surface area (Å²) < 4.78 is 10.6. The molecule has 0 unspecified atom stereocenters. The molecule has 3 heteroatoms. The zero-order valence-electron chi connectivity index (χ0n) is 11.8. The van der Waals surface area contributed by atoms with Crippen LogP contribution < -0.4 is 9.47 Å². The van der Waals surface area contributed by atoms with Gasteiger partial charge in [0.2, 0.25) is 0 Å². The highest BCUT2D eigenvalue weighted by Crippen LogP contribution is 2.34. The Morgan fingerprint density at radius 3 is 2.53 bits per heavy atom. The fraction of sp³-hybridized carbons (Fsp3) is 0.562. The number of hydrogen-bond donors (Lipinski definition) is 0. The maximum atomic E-state index is 12.4. The molecular formula is C16H22O3. The van der Waals surface area contributed by atoms with Gasteiger partial charge in [0, 0.05) is 6.42 Å². The number of ether oxygens (including phenoxy) is 2. The number of para-hydroxylation sites is 1. The normalized spacial score (nSPS) is 16.1. The number of carbonyl (C=O) groups excluding carboxylic acids is 1. The average molecular weight is 262 g/mol. The first-order chi connectivity index (χ1) is 9.26. The first-order valence-corrected chi connectivity index (χ1v) is 7.00. The van der Waals surface area contributed by atoms with Crippen LogP contribution in [0, 0.1) is 5.92 Å². The van der Waals surface area contributed by atoms with Crippen molar-refractivity contribution in [2.75, 3.05) is 14.2 Å². The highest BCUT2D eigenvalue weighted by molar-refractivity contribution is 5.99. The Bertz CT molecular complexity index is 434. The van der Waals surface area contributed by atoms with Gasteiger partial charge in [-0.3, -0.25) is 4.79 Å². The van der Waals surface area contributed by atoms with E-state index in [2.05, 4.69) is 0 Å². The van der Waals surface area contributed by atoms with Gasteiger partial charge in [-0.05, 0) is 18.1 Å². The molecule has 2 rings (SSSR count). The Morgan fingerprint density at radius 1 is 1.16 bits per heavy atom. The summed E-state index contributed by atoms with van der Waals surface area (Å²) in [4.78, 5) is 12.4. The Labute approximate surface area is 114 Å². The summed E-state index contributed by atoms with van der Waals surface area (Å²) in [5.41, 5.74) is 0.646. The molecule has 0 atom stereocenters. The Morgan fingerprint density at radius 2 is 1.89 bits per heavy atom. The van der Waals surface area contributed by atoms with Crippen LogP contribution in [-0.4, -0.2) is 20.0 Å². The van der Waals surface area contributed by atoms with E-state index in [0.717, 1.165) is 0 Å². The summed E-state index contributed by atoms with van der Waals surface area (Å²) in [7, 11) is 3.17. The fourth-order valence-corrected chi connectivity index (χ4v) is 2.87. The van der Waals surface area contributed by atoms with Crippen LogP contribution in [0.5, 0.6) is 11.5 Å². The van der Waals surface area contributed by atoms with Crippen molar-refractivity contribution in [2.45, 2.75) is 38.5 Å². The second-order valence-corrected chi connectivity index (χ2v) is 5.17. The van der Waals surface area contributed by atoms with Gasteiger partial charge in [-0.25, -0.2) is 0 Å². The van der Waals surface area contributed by atoms with E-state index < -0.39 is 0 Å². The molecule has 1 aliphatic carbocycles. The molecule has 0 heterocycles. The second kappa shape index (κ2) is 6.60. The van der Waals surface area contributed by atoms with Crippen LogP contribution in [0.3, 0.4) is 0 Å². The lowest BCUT2D eigenvalue weighted by Gasteiger charge is -2.21. The van der Waals surface area contributed by atoms with Gasteiger partial charge in [0.1, 0.15) is 0 Å². The van der Waals surface area contributed by atoms with Gasteiger partial charge in [0.05, 0.1) is 19.8 Å². The second-order valence-electron chi connectivity index (χ2n) is 5.17. The molecule has 0 saturated heterocycles. The molecule has 0 amide bonds. The van der Waals surface area contributed by atoms with Crippen LogP contribution in [0.4, 0.5) is 0 Å². The van der Waals surface area contributed by atoms with Gasteiger partial charge in [-0.15, -0.1) is 0 Å². The van der Waals surface area contributed by atoms with E-state index in [1.807, 2.05) is 18.2 Å². The zero-order chi connectivity index (χ0) is 13.7. The fourth-order valence-electron chi connectivity index (χ4n) is 2.87. The van der Waals surface area contributed by atoms with E-state index in [4.69, 9.17) is 9.47 Å². The van der Waals surface area contributed by atoms with E-state index in [1.54, 1.807) is 14.2 Å². The molecule has 1 aromatic carbocycles. The lowest BCUT2D eigenvalue weighted by atomic mass is 9.84. The van der Waals surface area contributed by atoms with Crippen LogP contribution in [0.2, 0.25) is 0 Å². The molecule has 19 heavy (non-hydrogen) atoms. The summed E-state index contributed by atoms with van der Waals surface area (Å²) in [6.45, 7) is 0. The molecule has 0 aromatic heterocycles. The molecule has 0 bridgehead atoms. The van der Waals surface area contributed by atoms with E-state index in [9.17, 15) is 4.79 Å². The average Bonchev–Trinajstić information content (AvgIpc) is 2.47. The van der Waals surface area contributed by atoms with Crippen molar-refractivity contribution in [2.24, 2.45) is 5.92 Å². The van der Waals surface area contributed by atoms with Crippen LogP contribution in [-0.2, 0) is 0 Å². The number of methoxy groups -OCH3 is 2. The van der Waals surface area contributed by atoms with Gasteiger partial charge < -0.3 is 9.47 Å². The number of benzene rings is 1. The predicted molar refractivity (Wildman–Crippen MR) is 75.1 cm³/mol. The molecular weight excluding hydrogens is 240 g/mol. The third-order valence-corrected chi connectivity index (χ3v) is 3.90. The molecule has 104 valence electrons. The third kappa shape index (κ3) is 3.28. The number of carbonyl (C=O) groups is 1. The highest BCUT2D eigenvalue weighted by Gasteiger charge is 2.21. The van der Waals surface area contributed by atoms with Crippen LogP contribution in [0.25, 0.3) is 0 Å². The Balaban J connectivity index is 2.13. The zero-order valence-corrected chi connectivity index (χ0v) is 11.8. The van der Waals surface area contributed by atoms with Gasteiger partial charge >= 0.3 is 0 Å². The van der Waals surface area contributed by atoms with Crippen molar-refractivity contribution in [3.8, 4) is 11.5 Å². The minimum absolute atomic E-state index is 0.169. The summed E-state index contributed by atoms with van der Waals surface area (Å²) in [6.07, 6.45) is 6.81. The first kappa shape index (κ1) is 13.9. The van der Waals surface area contributed by atoms with Gasteiger partial charge in [-0.2, -0.15) is 0 Å². The van der Waals surface area contributed by atoms with E-state index >= 15 is 0 Å². The lowest BCUT2D eigenvalue weighted by Crippen LogP contribution is -2.13. The van der Waals surface area contributed by atoms with Crippen molar-refractivity contribution >= 4 is 5.78 Å². The smallest absolute Gasteiger partial charge is 0.171 e. The molecule has 0 aliphatic heterocycles. The first-order valence-electron chi connectivity index (χ1n) is 7.00. The van der Waals surface area contributed by atoms with Crippen molar-refractivity contribution in [1.29, 1.82) is 0 Å². The SMILES string of the molecule is COc1cccc(C(=O)CC2CCCCC2)c1OC. The number of rotatable bonds is 5. The quantitative estimate of drug-likeness (QED) is 0.756. The minimum atomic E-state index is 0.169. The molecule has 1 saturated carbocycles. The maximum absolute atomic E-state index is 12.4. The third-order valence-electron chi connectivity index (χ3n) is 3.90. The molecule has 0 radical (unpaired) electrons. The van der Waals surface area contributed by atoms with Gasteiger partial charge in [0.15, 0.2) is 17.3 Å². The number of ketones is 1. The Hall–Kier alpha value is -1.51. The summed E-state index contributed by atoms with van der Waals surface area (Å²) in [5.74, 6) is 1.89. The van der Waals surface area contributed by atoms with Gasteiger partial charge in [0.25, 0.3) is 0 Å². The largest absolute Gasteiger partial charge is 0.493 e. The standard InChI is InChI=1S/C16H22O3/c1-18-15-10-6-9-13(16(15)19-2)14(17)11-12-7-4-3-5-8-12/h6,9-10,12H,3-5,7-8,11H2,1-2H3. The summed E-state index contributed by atoms with van der Waals surface area (Å²) in [5, 5.41) is 0. The molecule has 0 N–H and O–H groups in total. The van der Waals surface area contributed by atoms with Crippen LogP contribution in [0.1, 0.15) is 48.9 Å². The van der Waals surface area contributed by atoms with E-state index in [1.165, 1.54) is 32.1 Å². The van der Waals surface area contributed by atoms with Crippen molar-refractivity contribution in [1.82, 2.24) is 0 Å². The summed E-state index contributed by atoms with van der Waals surface area (Å²) >= 11 is 0. The molecule has 0 spiro atoms. The van der Waals surface area contributed by atoms with Crippen LogP contribution >= 0.6 is 0 Å². The Kier molecular flexibility index (Phi) is 4.83. The lowest BCUT2D eigenvalue weighted by molar-refractivity contribution is 0.0946.